The van der Waals surface area contributed by atoms with Gasteiger partial charge in [-0.3, -0.25) is 14.4 Å². The van der Waals surface area contributed by atoms with Gasteiger partial charge in [0, 0.05) is 24.4 Å². The Morgan fingerprint density at radius 2 is 1.76 bits per heavy atom. The fraction of sp³-hybridized carbons (Fsp3) is 0.526. The number of hydrogen-bond acceptors (Lipinski definition) is 3. The van der Waals surface area contributed by atoms with E-state index in [1.165, 1.54) is 0 Å². The second-order valence-corrected chi connectivity index (χ2v) is 7.65. The molecule has 0 bridgehead atoms. The summed E-state index contributed by atoms with van der Waals surface area (Å²) < 4.78 is 0. The maximum Gasteiger partial charge on any atom is 0.308 e. The van der Waals surface area contributed by atoms with Crippen molar-refractivity contribution in [3.8, 4) is 0 Å². The van der Waals surface area contributed by atoms with Gasteiger partial charge in [-0.1, -0.05) is 51.1 Å². The molecule has 1 aliphatic rings. The van der Waals surface area contributed by atoms with Crippen molar-refractivity contribution in [1.29, 1.82) is 0 Å². The number of aliphatic carboxylic acids is 1. The molecule has 1 aromatic carbocycles. The summed E-state index contributed by atoms with van der Waals surface area (Å²) in [6.45, 7) is 7.47. The lowest BCUT2D eigenvalue weighted by Gasteiger charge is -2.25. The molecule has 3 atom stereocenters. The van der Waals surface area contributed by atoms with E-state index in [1.807, 2.05) is 30.3 Å². The average molecular weight is 346 g/mol. The fourth-order valence-corrected chi connectivity index (χ4v) is 3.02. The molecule has 2 N–H and O–H groups in total. The fourth-order valence-electron chi connectivity index (χ4n) is 3.02. The molecule has 0 radical (unpaired) electrons. The van der Waals surface area contributed by atoms with E-state index in [1.54, 1.807) is 32.6 Å². The summed E-state index contributed by atoms with van der Waals surface area (Å²) in [7, 11) is 0. The third-order valence-corrected chi connectivity index (χ3v) is 4.58. The lowest BCUT2D eigenvalue weighted by molar-refractivity contribution is -0.142. The molecule has 0 spiro atoms. The normalized spacial score (nSPS) is 21.7. The minimum Gasteiger partial charge on any atom is -0.481 e. The second kappa shape index (κ2) is 7.25. The zero-order valence-electron chi connectivity index (χ0n) is 15.2. The Kier molecular flexibility index (Phi) is 5.50. The number of amides is 2. The molecule has 2 rings (SSSR count). The van der Waals surface area contributed by atoms with Crippen molar-refractivity contribution in [3.63, 3.8) is 0 Å². The van der Waals surface area contributed by atoms with Crippen LogP contribution in [0.1, 0.15) is 39.2 Å². The van der Waals surface area contributed by atoms with Crippen LogP contribution in [0, 0.1) is 11.3 Å². The van der Waals surface area contributed by atoms with Crippen LogP contribution in [-0.4, -0.2) is 46.9 Å². The molecule has 1 aliphatic heterocycles. The first-order valence-corrected chi connectivity index (χ1v) is 8.48. The third-order valence-electron chi connectivity index (χ3n) is 4.58. The standard InChI is InChI=1S/C19H26N2O4/c1-12(20-18(25)19(2,3)4)16(22)21-10-14(15(11-21)17(23)24)13-8-6-5-7-9-13/h5-9,12,14-15H,10-11H2,1-4H3,(H,20,25)(H,23,24)/t12?,14-,15-/m0/s1. The van der Waals surface area contributed by atoms with Crippen molar-refractivity contribution >= 4 is 17.8 Å². The summed E-state index contributed by atoms with van der Waals surface area (Å²) in [5.41, 5.74) is 0.326. The van der Waals surface area contributed by atoms with Gasteiger partial charge in [-0.2, -0.15) is 0 Å². The Bertz CT molecular complexity index is 651. The van der Waals surface area contributed by atoms with Crippen LogP contribution in [0.25, 0.3) is 0 Å². The highest BCUT2D eigenvalue weighted by atomic mass is 16.4. The molecule has 136 valence electrons. The highest BCUT2D eigenvalue weighted by molar-refractivity contribution is 5.90. The average Bonchev–Trinajstić information content (AvgIpc) is 2.99. The SMILES string of the molecule is CC(NC(=O)C(C)(C)C)C(=O)N1C[C@H](C(=O)O)[C@H](c2ccccc2)C1. The summed E-state index contributed by atoms with van der Waals surface area (Å²) in [4.78, 5) is 37.9. The van der Waals surface area contributed by atoms with E-state index in [-0.39, 0.29) is 24.3 Å². The lowest BCUT2D eigenvalue weighted by Crippen LogP contribution is -2.49. The quantitative estimate of drug-likeness (QED) is 0.871. The minimum absolute atomic E-state index is 0.156. The predicted molar refractivity (Wildman–Crippen MR) is 93.9 cm³/mol. The first kappa shape index (κ1) is 19.0. The summed E-state index contributed by atoms with van der Waals surface area (Å²) in [6.07, 6.45) is 0. The van der Waals surface area contributed by atoms with Gasteiger partial charge in [0.25, 0.3) is 0 Å². The van der Waals surface area contributed by atoms with Gasteiger partial charge in [-0.25, -0.2) is 0 Å². The number of nitrogens with zero attached hydrogens (tertiary/aromatic N) is 1. The summed E-state index contributed by atoms with van der Waals surface area (Å²) >= 11 is 0. The maximum atomic E-state index is 12.7. The molecular formula is C19H26N2O4. The molecule has 6 heteroatoms. The number of nitrogens with one attached hydrogen (secondary N) is 1. The number of benzene rings is 1. The Morgan fingerprint density at radius 3 is 2.28 bits per heavy atom. The summed E-state index contributed by atoms with van der Waals surface area (Å²) in [6, 6.07) is 8.70. The number of hydrogen-bond donors (Lipinski definition) is 2. The van der Waals surface area contributed by atoms with Crippen LogP contribution in [0.3, 0.4) is 0 Å². The van der Waals surface area contributed by atoms with Gasteiger partial charge in [0.1, 0.15) is 6.04 Å². The summed E-state index contributed by atoms with van der Waals surface area (Å²) in [5.74, 6) is -2.25. The van der Waals surface area contributed by atoms with Gasteiger partial charge in [-0.15, -0.1) is 0 Å². The van der Waals surface area contributed by atoms with Crippen molar-refractivity contribution < 1.29 is 19.5 Å². The van der Waals surface area contributed by atoms with E-state index < -0.39 is 23.3 Å². The van der Waals surface area contributed by atoms with E-state index in [9.17, 15) is 19.5 Å². The largest absolute Gasteiger partial charge is 0.481 e. The van der Waals surface area contributed by atoms with E-state index in [0.29, 0.717) is 6.54 Å². The Balaban J connectivity index is 2.11. The van der Waals surface area contributed by atoms with Crippen molar-refractivity contribution in [2.24, 2.45) is 11.3 Å². The van der Waals surface area contributed by atoms with Crippen molar-refractivity contribution in [2.45, 2.75) is 39.7 Å². The molecule has 1 heterocycles. The molecular weight excluding hydrogens is 320 g/mol. The second-order valence-electron chi connectivity index (χ2n) is 7.65. The smallest absolute Gasteiger partial charge is 0.308 e. The molecule has 25 heavy (non-hydrogen) atoms. The molecule has 1 unspecified atom stereocenters. The summed E-state index contributed by atoms with van der Waals surface area (Å²) in [5, 5.41) is 12.2. The van der Waals surface area contributed by atoms with Crippen LogP contribution in [0.5, 0.6) is 0 Å². The van der Waals surface area contributed by atoms with Gasteiger partial charge in [0.05, 0.1) is 5.92 Å². The van der Waals surface area contributed by atoms with Gasteiger partial charge in [0.15, 0.2) is 0 Å². The number of carboxylic acids is 1. The maximum absolute atomic E-state index is 12.7. The number of likely N-dealkylation sites (tertiary alicyclic amines) is 1. The van der Waals surface area contributed by atoms with E-state index in [4.69, 9.17) is 0 Å². The van der Waals surface area contributed by atoms with Crippen LogP contribution in [-0.2, 0) is 14.4 Å². The minimum atomic E-state index is -0.907. The van der Waals surface area contributed by atoms with Crippen LogP contribution in [0.15, 0.2) is 30.3 Å². The van der Waals surface area contributed by atoms with Gasteiger partial charge in [0.2, 0.25) is 11.8 Å². The molecule has 0 aromatic heterocycles. The van der Waals surface area contributed by atoms with E-state index in [2.05, 4.69) is 5.32 Å². The Morgan fingerprint density at radius 1 is 1.16 bits per heavy atom. The van der Waals surface area contributed by atoms with Crippen LogP contribution in [0.2, 0.25) is 0 Å². The van der Waals surface area contributed by atoms with E-state index in [0.717, 1.165) is 5.56 Å². The van der Waals surface area contributed by atoms with Crippen molar-refractivity contribution in [3.05, 3.63) is 35.9 Å². The monoisotopic (exact) mass is 346 g/mol. The van der Waals surface area contributed by atoms with Gasteiger partial charge < -0.3 is 15.3 Å². The highest BCUT2D eigenvalue weighted by Crippen LogP contribution is 2.33. The molecule has 1 fully saturated rings. The molecule has 1 saturated heterocycles. The first-order valence-electron chi connectivity index (χ1n) is 8.48. The Labute approximate surface area is 148 Å². The lowest BCUT2D eigenvalue weighted by atomic mass is 9.89. The van der Waals surface area contributed by atoms with E-state index >= 15 is 0 Å². The van der Waals surface area contributed by atoms with Crippen molar-refractivity contribution in [1.82, 2.24) is 10.2 Å². The van der Waals surface area contributed by atoms with Gasteiger partial charge >= 0.3 is 5.97 Å². The molecule has 6 nitrogen and oxygen atoms in total. The molecule has 0 saturated carbocycles. The molecule has 2 amide bonds. The van der Waals surface area contributed by atoms with Crippen LogP contribution >= 0.6 is 0 Å². The zero-order chi connectivity index (χ0) is 18.8. The van der Waals surface area contributed by atoms with Gasteiger partial charge in [-0.05, 0) is 12.5 Å². The number of carbonyl (C=O) groups is 3. The third kappa shape index (κ3) is 4.38. The molecule has 1 aromatic rings. The van der Waals surface area contributed by atoms with Crippen molar-refractivity contribution in [2.75, 3.05) is 13.1 Å². The highest BCUT2D eigenvalue weighted by Gasteiger charge is 2.41. The predicted octanol–water partition coefficient (Wildman–Crippen LogP) is 1.86. The number of carbonyl (C=O) groups excluding carboxylic acids is 2. The van der Waals surface area contributed by atoms with Crippen LogP contribution in [0.4, 0.5) is 0 Å². The Hall–Kier alpha value is -2.37. The van der Waals surface area contributed by atoms with Crippen LogP contribution < -0.4 is 5.32 Å². The first-order chi connectivity index (χ1) is 11.6. The number of rotatable bonds is 4. The topological polar surface area (TPSA) is 86.7 Å². The zero-order valence-corrected chi connectivity index (χ0v) is 15.2. The molecule has 0 aliphatic carbocycles. The number of carboxylic acid groups (broad SMARTS) is 1.